The van der Waals surface area contributed by atoms with Gasteiger partial charge < -0.3 is 4.90 Å². The van der Waals surface area contributed by atoms with Gasteiger partial charge in [0, 0.05) is 26.8 Å². The minimum atomic E-state index is 1.13. The van der Waals surface area contributed by atoms with Gasteiger partial charge in [-0.15, -0.1) is 11.3 Å². The molecule has 10 aromatic rings. The molecule has 0 fully saturated rings. The summed E-state index contributed by atoms with van der Waals surface area (Å²) in [6.45, 7) is 0. The molecule has 1 heterocycles. The maximum Gasteiger partial charge on any atom is 0.0640 e. The van der Waals surface area contributed by atoms with Crippen LogP contribution in [0.1, 0.15) is 0 Å². The van der Waals surface area contributed by atoms with Crippen molar-refractivity contribution in [1.29, 1.82) is 0 Å². The van der Waals surface area contributed by atoms with Crippen molar-refractivity contribution in [2.45, 2.75) is 0 Å². The first-order valence-electron chi connectivity index (χ1n) is 17.1. The Hall–Kier alpha value is -6.22. The first-order valence-corrected chi connectivity index (χ1v) is 17.9. The van der Waals surface area contributed by atoms with Gasteiger partial charge in [0.25, 0.3) is 0 Å². The van der Waals surface area contributed by atoms with Crippen LogP contribution in [0.4, 0.5) is 17.1 Å². The second kappa shape index (κ2) is 11.7. The molecule has 0 unspecified atom stereocenters. The molecule has 1 nitrogen and oxygen atoms in total. The van der Waals surface area contributed by atoms with Gasteiger partial charge in [-0.1, -0.05) is 146 Å². The van der Waals surface area contributed by atoms with Crippen LogP contribution in [-0.2, 0) is 0 Å². The minimum absolute atomic E-state index is 1.13. The number of hydrogen-bond acceptors (Lipinski definition) is 2. The van der Waals surface area contributed by atoms with Crippen LogP contribution in [0.5, 0.6) is 0 Å². The van der Waals surface area contributed by atoms with Crippen molar-refractivity contribution < 1.29 is 0 Å². The molecule has 234 valence electrons. The lowest BCUT2D eigenvalue weighted by Gasteiger charge is -2.26. The quantitative estimate of drug-likeness (QED) is 0.167. The van der Waals surface area contributed by atoms with Gasteiger partial charge in [0.15, 0.2) is 0 Å². The van der Waals surface area contributed by atoms with Gasteiger partial charge in [-0.2, -0.15) is 0 Å². The van der Waals surface area contributed by atoms with E-state index in [1.165, 1.54) is 80.4 Å². The van der Waals surface area contributed by atoms with Crippen LogP contribution in [0, 0.1) is 0 Å². The molecule has 0 bridgehead atoms. The predicted molar refractivity (Wildman–Crippen MR) is 217 cm³/mol. The molecule has 0 aliphatic rings. The third-order valence-electron chi connectivity index (χ3n) is 10.0. The smallest absolute Gasteiger partial charge is 0.0640 e. The first kappa shape index (κ1) is 28.8. The third kappa shape index (κ3) is 4.76. The van der Waals surface area contributed by atoms with Gasteiger partial charge >= 0.3 is 0 Å². The number of nitrogens with zero attached hydrogens (tertiary/aromatic N) is 1. The molecule has 0 aliphatic carbocycles. The average Bonchev–Trinajstić information content (AvgIpc) is 3.58. The van der Waals surface area contributed by atoms with Crippen molar-refractivity contribution >= 4 is 80.9 Å². The zero-order valence-electron chi connectivity index (χ0n) is 27.3. The predicted octanol–water partition coefficient (Wildman–Crippen LogP) is 14.3. The maximum atomic E-state index is 2.41. The molecule has 0 saturated heterocycles. The van der Waals surface area contributed by atoms with Crippen molar-refractivity contribution in [3.8, 4) is 22.3 Å². The van der Waals surface area contributed by atoms with E-state index in [4.69, 9.17) is 0 Å². The summed E-state index contributed by atoms with van der Waals surface area (Å²) in [5.74, 6) is 0. The molecule has 9 aromatic carbocycles. The molecular weight excluding hydrogens is 623 g/mol. The first-order chi connectivity index (χ1) is 24.8. The summed E-state index contributed by atoms with van der Waals surface area (Å²) in [6.07, 6.45) is 0. The Labute approximate surface area is 294 Å². The van der Waals surface area contributed by atoms with E-state index in [1.807, 2.05) is 11.3 Å². The summed E-state index contributed by atoms with van der Waals surface area (Å²) in [5.41, 5.74) is 8.30. The van der Waals surface area contributed by atoms with Gasteiger partial charge in [-0.3, -0.25) is 0 Å². The molecule has 0 atom stereocenters. The zero-order valence-corrected chi connectivity index (χ0v) is 28.1. The van der Waals surface area contributed by atoms with Crippen LogP contribution in [0.2, 0.25) is 0 Å². The van der Waals surface area contributed by atoms with Gasteiger partial charge in [0.1, 0.15) is 0 Å². The largest absolute Gasteiger partial charge is 0.309 e. The number of benzene rings is 9. The van der Waals surface area contributed by atoms with E-state index in [0.29, 0.717) is 0 Å². The van der Waals surface area contributed by atoms with Crippen LogP contribution in [0.3, 0.4) is 0 Å². The Morgan fingerprint density at radius 2 is 0.880 bits per heavy atom. The number of fused-ring (bicyclic) bond motifs is 8. The average molecular weight is 654 g/mol. The number of thiophene rings is 1. The van der Waals surface area contributed by atoms with Gasteiger partial charge in [-0.05, 0) is 97.0 Å². The monoisotopic (exact) mass is 653 g/mol. The Bertz CT molecular complexity index is 2840. The highest BCUT2D eigenvalue weighted by atomic mass is 32.1. The topological polar surface area (TPSA) is 3.24 Å². The molecule has 0 spiro atoms. The Balaban J connectivity index is 1.11. The molecular formula is C48H31NS. The minimum Gasteiger partial charge on any atom is -0.309 e. The summed E-state index contributed by atoms with van der Waals surface area (Å²) in [5, 5.41) is 10.3. The highest BCUT2D eigenvalue weighted by molar-refractivity contribution is 7.26. The van der Waals surface area contributed by atoms with Crippen molar-refractivity contribution in [3.05, 3.63) is 188 Å². The van der Waals surface area contributed by atoms with Crippen LogP contribution < -0.4 is 4.90 Å². The van der Waals surface area contributed by atoms with Crippen molar-refractivity contribution in [2.75, 3.05) is 4.90 Å². The molecule has 0 saturated carbocycles. The van der Waals surface area contributed by atoms with Crippen LogP contribution in [-0.4, -0.2) is 0 Å². The zero-order chi connectivity index (χ0) is 33.0. The molecule has 1 aromatic heterocycles. The van der Waals surface area contributed by atoms with E-state index in [0.717, 1.165) is 11.4 Å². The highest BCUT2D eigenvalue weighted by Crippen LogP contribution is 2.45. The number of hydrogen-bond donors (Lipinski definition) is 0. The molecule has 50 heavy (non-hydrogen) atoms. The van der Waals surface area contributed by atoms with Gasteiger partial charge in [0.2, 0.25) is 0 Å². The van der Waals surface area contributed by atoms with Crippen LogP contribution in [0.25, 0.3) is 74.7 Å². The SMILES string of the molecule is c1ccc(-c2ccc(N(c3ccc(-c4ccc5ccc6ccc7ccccc7c6c5c4)cc3)c3cccc4c3sc3ccccc34)cc2)cc1. The third-order valence-corrected chi connectivity index (χ3v) is 11.3. The Kier molecular flexibility index (Phi) is 6.75. The lowest BCUT2D eigenvalue weighted by molar-refractivity contribution is 1.30. The molecule has 0 radical (unpaired) electrons. The van der Waals surface area contributed by atoms with Crippen molar-refractivity contribution in [1.82, 2.24) is 0 Å². The Morgan fingerprint density at radius 3 is 1.64 bits per heavy atom. The van der Waals surface area contributed by atoms with Gasteiger partial charge in [-0.25, -0.2) is 0 Å². The standard InChI is InChI=1S/C48H31NS/c1-2-9-32(10-3-1)33-23-27-39(28-24-33)49(45-15-8-14-43-42-13-6-7-16-46(42)50-48(43)45)40-29-25-34(26-30-40)38-22-19-36-18-21-37-20-17-35-11-4-5-12-41(35)47(37)44(36)31-38/h1-31H. The highest BCUT2D eigenvalue weighted by Gasteiger charge is 2.18. The summed E-state index contributed by atoms with van der Waals surface area (Å²) in [6, 6.07) is 68.7. The Morgan fingerprint density at radius 1 is 0.340 bits per heavy atom. The molecule has 0 amide bonds. The fraction of sp³-hybridized carbons (Fsp3) is 0. The van der Waals surface area contributed by atoms with Crippen molar-refractivity contribution in [3.63, 3.8) is 0 Å². The number of rotatable bonds is 5. The van der Waals surface area contributed by atoms with E-state index in [-0.39, 0.29) is 0 Å². The summed E-state index contributed by atoms with van der Waals surface area (Å²) >= 11 is 1.87. The van der Waals surface area contributed by atoms with E-state index >= 15 is 0 Å². The summed E-state index contributed by atoms with van der Waals surface area (Å²) in [7, 11) is 0. The summed E-state index contributed by atoms with van der Waals surface area (Å²) in [4.78, 5) is 2.41. The van der Waals surface area contributed by atoms with Crippen molar-refractivity contribution in [2.24, 2.45) is 0 Å². The van der Waals surface area contributed by atoms with Crippen LogP contribution >= 0.6 is 11.3 Å². The van der Waals surface area contributed by atoms with E-state index in [2.05, 4.69) is 193 Å². The number of anilines is 3. The molecule has 2 heteroatoms. The lowest BCUT2D eigenvalue weighted by Crippen LogP contribution is -2.10. The fourth-order valence-electron chi connectivity index (χ4n) is 7.58. The maximum absolute atomic E-state index is 2.41. The molecule has 0 N–H and O–H groups in total. The molecule has 10 rings (SSSR count). The lowest BCUT2D eigenvalue weighted by atomic mass is 9.94. The normalized spacial score (nSPS) is 11.6. The van der Waals surface area contributed by atoms with Crippen LogP contribution in [0.15, 0.2) is 188 Å². The fourth-order valence-corrected chi connectivity index (χ4v) is 8.78. The molecule has 0 aliphatic heterocycles. The second-order valence-corrected chi connectivity index (χ2v) is 14.0. The summed E-state index contributed by atoms with van der Waals surface area (Å²) < 4.78 is 2.60. The second-order valence-electron chi connectivity index (χ2n) is 12.9. The van der Waals surface area contributed by atoms with Gasteiger partial charge in [0.05, 0.1) is 10.4 Å². The van der Waals surface area contributed by atoms with E-state index < -0.39 is 0 Å². The van der Waals surface area contributed by atoms with E-state index in [9.17, 15) is 0 Å². The van der Waals surface area contributed by atoms with E-state index in [1.54, 1.807) is 0 Å².